The second kappa shape index (κ2) is 8.34. The van der Waals surface area contributed by atoms with Crippen LogP contribution in [0.2, 0.25) is 0 Å². The maximum Gasteiger partial charge on any atom is 0.242 e. The third kappa shape index (κ3) is 4.22. The van der Waals surface area contributed by atoms with Crippen molar-refractivity contribution < 1.29 is 9.18 Å². The monoisotopic (exact) mass is 386 g/mol. The molecule has 7 nitrogen and oxygen atoms in total. The molecule has 2 fully saturated rings. The number of rotatable bonds is 6. The summed E-state index contributed by atoms with van der Waals surface area (Å²) in [6.07, 6.45) is 7.69. The zero-order chi connectivity index (χ0) is 19.4. The van der Waals surface area contributed by atoms with E-state index < -0.39 is 0 Å². The molecule has 1 aromatic heterocycles. The van der Waals surface area contributed by atoms with Gasteiger partial charge >= 0.3 is 0 Å². The van der Waals surface area contributed by atoms with Crippen molar-refractivity contribution in [3.05, 3.63) is 42.0 Å². The van der Waals surface area contributed by atoms with Crippen LogP contribution < -0.4 is 5.32 Å². The summed E-state index contributed by atoms with van der Waals surface area (Å²) in [4.78, 5) is 14.6. The molecule has 1 aromatic carbocycles. The van der Waals surface area contributed by atoms with E-state index in [0.29, 0.717) is 0 Å². The van der Waals surface area contributed by atoms with Crippen LogP contribution in [0.5, 0.6) is 0 Å². The number of carbonyl (C=O) groups excluding carboxylic acids is 1. The van der Waals surface area contributed by atoms with Gasteiger partial charge < -0.3 is 10.2 Å². The lowest BCUT2D eigenvalue weighted by Gasteiger charge is -2.39. The van der Waals surface area contributed by atoms with Crippen LogP contribution in [0.1, 0.15) is 44.1 Å². The molecule has 0 bridgehead atoms. The molecule has 0 atom stereocenters. The minimum Gasteiger partial charge on any atom is -0.352 e. The Kier molecular flexibility index (Phi) is 5.66. The van der Waals surface area contributed by atoms with E-state index in [1.807, 2.05) is 12.1 Å². The van der Waals surface area contributed by atoms with Crippen molar-refractivity contribution in [1.82, 2.24) is 30.4 Å². The van der Waals surface area contributed by atoms with Crippen LogP contribution in [0.4, 0.5) is 4.39 Å². The van der Waals surface area contributed by atoms with Crippen LogP contribution >= 0.6 is 0 Å². The first-order chi connectivity index (χ1) is 13.6. The molecule has 28 heavy (non-hydrogen) atoms. The Morgan fingerprint density at radius 3 is 2.64 bits per heavy atom. The van der Waals surface area contributed by atoms with Crippen LogP contribution in [-0.4, -0.2) is 56.7 Å². The predicted octanol–water partition coefficient (Wildman–Crippen LogP) is 1.90. The quantitative estimate of drug-likeness (QED) is 0.821. The second-order valence-electron chi connectivity index (χ2n) is 8.09. The number of nitrogens with zero attached hydrogens (tertiary/aromatic N) is 5. The fraction of sp³-hybridized carbons (Fsp3) is 0.600. The summed E-state index contributed by atoms with van der Waals surface area (Å²) in [5.41, 5.74) is 0.811. The van der Waals surface area contributed by atoms with Gasteiger partial charge in [-0.05, 0) is 47.7 Å². The molecule has 1 saturated carbocycles. The van der Waals surface area contributed by atoms with E-state index in [4.69, 9.17) is 0 Å². The smallest absolute Gasteiger partial charge is 0.242 e. The number of tetrazole rings is 1. The van der Waals surface area contributed by atoms with Crippen molar-refractivity contribution >= 4 is 5.91 Å². The van der Waals surface area contributed by atoms with Gasteiger partial charge in [0, 0.05) is 31.1 Å². The van der Waals surface area contributed by atoms with Gasteiger partial charge in [-0.1, -0.05) is 31.0 Å². The molecule has 1 amide bonds. The van der Waals surface area contributed by atoms with Gasteiger partial charge in [0.25, 0.3) is 0 Å². The lowest BCUT2D eigenvalue weighted by molar-refractivity contribution is -0.122. The fourth-order valence-corrected chi connectivity index (χ4v) is 4.79. The summed E-state index contributed by atoms with van der Waals surface area (Å²) in [6, 6.07) is 7.44. The van der Waals surface area contributed by atoms with Gasteiger partial charge in [-0.2, -0.15) is 0 Å². The predicted molar refractivity (Wildman–Crippen MR) is 102 cm³/mol. The number of amides is 1. The van der Waals surface area contributed by atoms with E-state index in [-0.39, 0.29) is 29.7 Å². The van der Waals surface area contributed by atoms with Gasteiger partial charge in [0.05, 0.1) is 0 Å². The highest BCUT2D eigenvalue weighted by Crippen LogP contribution is 2.43. The van der Waals surface area contributed by atoms with E-state index in [1.54, 1.807) is 12.1 Å². The Bertz CT molecular complexity index is 782. The Morgan fingerprint density at radius 1 is 1.21 bits per heavy atom. The highest BCUT2D eigenvalue weighted by molar-refractivity contribution is 5.75. The Hall–Kier alpha value is -2.35. The molecule has 4 rings (SSSR count). The van der Waals surface area contributed by atoms with Crippen LogP contribution in [-0.2, 0) is 16.8 Å². The lowest BCUT2D eigenvalue weighted by atomic mass is 9.77. The Balaban J connectivity index is 1.32. The molecular formula is C20H27FN6O. The summed E-state index contributed by atoms with van der Waals surface area (Å²) >= 11 is 0. The number of benzene rings is 1. The number of hydrogen-bond donors (Lipinski definition) is 1. The SMILES string of the molecule is O=C(Cn1cnnn1)NC1CCN(CC2(c3ccccc3F)CCCC2)CC1. The number of aromatic nitrogens is 4. The first-order valence-corrected chi connectivity index (χ1v) is 10.1. The topological polar surface area (TPSA) is 75.9 Å². The third-order valence-corrected chi connectivity index (χ3v) is 6.18. The van der Waals surface area contributed by atoms with Crippen molar-refractivity contribution in [3.8, 4) is 0 Å². The normalized spacial score (nSPS) is 20.3. The molecule has 2 aliphatic rings. The van der Waals surface area contributed by atoms with E-state index in [1.165, 1.54) is 11.0 Å². The molecule has 0 spiro atoms. The zero-order valence-corrected chi connectivity index (χ0v) is 16.1. The van der Waals surface area contributed by atoms with Gasteiger partial charge in [0.1, 0.15) is 18.7 Å². The number of likely N-dealkylation sites (tertiary alicyclic amines) is 1. The number of piperidine rings is 1. The van der Waals surface area contributed by atoms with Crippen molar-refractivity contribution in [2.75, 3.05) is 19.6 Å². The highest BCUT2D eigenvalue weighted by Gasteiger charge is 2.39. The van der Waals surface area contributed by atoms with Crippen molar-refractivity contribution in [1.29, 1.82) is 0 Å². The molecular weight excluding hydrogens is 359 g/mol. The van der Waals surface area contributed by atoms with Gasteiger partial charge in [0.15, 0.2) is 0 Å². The van der Waals surface area contributed by atoms with Crippen molar-refractivity contribution in [2.45, 2.75) is 56.5 Å². The van der Waals surface area contributed by atoms with Crippen LogP contribution in [0, 0.1) is 5.82 Å². The zero-order valence-electron chi connectivity index (χ0n) is 16.1. The third-order valence-electron chi connectivity index (χ3n) is 6.18. The van der Waals surface area contributed by atoms with E-state index in [9.17, 15) is 9.18 Å². The Labute approximate surface area is 164 Å². The molecule has 2 heterocycles. The maximum atomic E-state index is 14.5. The average molecular weight is 386 g/mol. The summed E-state index contributed by atoms with van der Waals surface area (Å²) in [5.74, 6) is -0.140. The molecule has 0 unspecified atom stereocenters. The average Bonchev–Trinajstić information content (AvgIpc) is 3.36. The standard InChI is InChI=1S/C20H27FN6O/c21-18-6-2-1-5-17(18)20(9-3-4-10-20)14-26-11-7-16(8-12-26)23-19(28)13-27-15-22-24-25-27/h1-2,5-6,15-16H,3-4,7-14H2,(H,23,28). The van der Waals surface area contributed by atoms with Gasteiger partial charge in [-0.3, -0.25) is 4.79 Å². The second-order valence-corrected chi connectivity index (χ2v) is 8.09. The number of nitrogens with one attached hydrogen (secondary N) is 1. The molecule has 1 aliphatic carbocycles. The van der Waals surface area contributed by atoms with Gasteiger partial charge in [-0.15, -0.1) is 5.10 Å². The molecule has 1 N–H and O–H groups in total. The van der Waals surface area contributed by atoms with E-state index >= 15 is 0 Å². The molecule has 8 heteroatoms. The summed E-state index contributed by atoms with van der Waals surface area (Å²) in [5, 5.41) is 13.9. The van der Waals surface area contributed by atoms with Gasteiger partial charge in [0.2, 0.25) is 5.91 Å². The number of hydrogen-bond acceptors (Lipinski definition) is 5. The lowest BCUT2D eigenvalue weighted by Crippen LogP contribution is -2.49. The largest absolute Gasteiger partial charge is 0.352 e. The summed E-state index contributed by atoms with van der Waals surface area (Å²) < 4.78 is 15.9. The van der Waals surface area contributed by atoms with Crippen LogP contribution in [0.15, 0.2) is 30.6 Å². The molecule has 150 valence electrons. The van der Waals surface area contributed by atoms with Crippen molar-refractivity contribution in [3.63, 3.8) is 0 Å². The molecule has 1 saturated heterocycles. The minimum atomic E-state index is -0.0749. The van der Waals surface area contributed by atoms with Crippen LogP contribution in [0.3, 0.4) is 0 Å². The fourth-order valence-electron chi connectivity index (χ4n) is 4.79. The maximum absolute atomic E-state index is 14.5. The van der Waals surface area contributed by atoms with Gasteiger partial charge in [-0.25, -0.2) is 9.07 Å². The summed E-state index contributed by atoms with van der Waals surface area (Å²) in [6.45, 7) is 2.89. The molecule has 0 radical (unpaired) electrons. The highest BCUT2D eigenvalue weighted by atomic mass is 19.1. The van der Waals surface area contributed by atoms with Crippen LogP contribution in [0.25, 0.3) is 0 Å². The number of halogens is 1. The van der Waals surface area contributed by atoms with Crippen molar-refractivity contribution in [2.24, 2.45) is 0 Å². The minimum absolute atomic E-state index is 0.0654. The number of carbonyl (C=O) groups is 1. The molecule has 1 aliphatic heterocycles. The first kappa shape index (κ1) is 19.0. The first-order valence-electron chi connectivity index (χ1n) is 10.1. The van der Waals surface area contributed by atoms with E-state index in [0.717, 1.165) is 63.7 Å². The Morgan fingerprint density at radius 2 is 1.96 bits per heavy atom. The van der Waals surface area contributed by atoms with E-state index in [2.05, 4.69) is 25.7 Å². The molecule has 2 aromatic rings. The summed E-state index contributed by atoms with van der Waals surface area (Å²) in [7, 11) is 0.